The number of hydrogen-bond donors (Lipinski definition) is 0. The number of hydrogen-bond acceptors (Lipinski definition) is 1. The fourth-order valence-electron chi connectivity index (χ4n) is 2.14. The minimum absolute atomic E-state index is 0.186. The molecule has 0 aromatic heterocycles. The maximum Gasteiger partial charge on any atom is 0.223 e. The molecule has 1 amide bonds. The molecular formula is C17H21NO. The van der Waals surface area contributed by atoms with Gasteiger partial charge in [-0.1, -0.05) is 35.7 Å². The van der Waals surface area contributed by atoms with Crippen LogP contribution in [0.3, 0.4) is 0 Å². The summed E-state index contributed by atoms with van der Waals surface area (Å²) >= 11 is 0. The Balaban J connectivity index is 1.84. The Kier molecular flexibility index (Phi) is 4.63. The van der Waals surface area contributed by atoms with Gasteiger partial charge in [-0.3, -0.25) is 4.79 Å². The maximum absolute atomic E-state index is 12.2. The molecule has 0 unspecified atom stereocenters. The van der Waals surface area contributed by atoms with E-state index in [0.717, 1.165) is 13.0 Å². The summed E-state index contributed by atoms with van der Waals surface area (Å²) in [4.78, 5) is 14.0. The number of carbonyl (C=O) groups is 1. The number of rotatable bonds is 6. The van der Waals surface area contributed by atoms with Crippen LogP contribution in [-0.4, -0.2) is 23.9 Å². The highest BCUT2D eigenvalue weighted by Crippen LogP contribution is 2.29. The predicted molar refractivity (Wildman–Crippen MR) is 77.6 cm³/mol. The molecule has 0 aliphatic heterocycles. The third kappa shape index (κ3) is 4.44. The Morgan fingerprint density at radius 1 is 1.37 bits per heavy atom. The lowest BCUT2D eigenvalue weighted by molar-refractivity contribution is -0.130. The topological polar surface area (TPSA) is 20.3 Å². The fourth-order valence-corrected chi connectivity index (χ4v) is 2.14. The van der Waals surface area contributed by atoms with Crippen LogP contribution in [0.5, 0.6) is 0 Å². The van der Waals surface area contributed by atoms with E-state index in [0.29, 0.717) is 18.9 Å². The van der Waals surface area contributed by atoms with Crippen LogP contribution < -0.4 is 0 Å². The smallest absolute Gasteiger partial charge is 0.223 e. The molecular weight excluding hydrogens is 234 g/mol. The Morgan fingerprint density at radius 2 is 2.05 bits per heavy atom. The molecule has 0 atom stereocenters. The second-order valence-electron chi connectivity index (χ2n) is 5.41. The quantitative estimate of drug-likeness (QED) is 0.716. The summed E-state index contributed by atoms with van der Waals surface area (Å²) in [5.41, 5.74) is 2.46. The predicted octanol–water partition coefficient (Wildman–Crippen LogP) is 2.80. The van der Waals surface area contributed by atoms with Crippen molar-refractivity contribution in [2.24, 2.45) is 5.92 Å². The summed E-state index contributed by atoms with van der Waals surface area (Å²) in [5, 5.41) is 0. The molecule has 1 aliphatic rings. The molecule has 1 fully saturated rings. The van der Waals surface area contributed by atoms with Gasteiger partial charge in [-0.05, 0) is 37.7 Å². The van der Waals surface area contributed by atoms with Gasteiger partial charge in [-0.15, -0.1) is 6.42 Å². The van der Waals surface area contributed by atoms with E-state index in [1.165, 1.54) is 24.0 Å². The molecule has 2 rings (SSSR count). The van der Waals surface area contributed by atoms with Gasteiger partial charge in [0.15, 0.2) is 0 Å². The number of nitrogens with zero attached hydrogens (tertiary/aromatic N) is 1. The van der Waals surface area contributed by atoms with Gasteiger partial charge in [-0.2, -0.15) is 0 Å². The molecule has 2 heteroatoms. The van der Waals surface area contributed by atoms with E-state index >= 15 is 0 Å². The van der Waals surface area contributed by atoms with Crippen molar-refractivity contribution in [3.63, 3.8) is 0 Å². The molecule has 0 bridgehead atoms. The van der Waals surface area contributed by atoms with E-state index in [2.05, 4.69) is 37.1 Å². The fraction of sp³-hybridized carbons (Fsp3) is 0.471. The minimum atomic E-state index is 0.186. The normalized spacial score (nSPS) is 13.9. The highest BCUT2D eigenvalue weighted by atomic mass is 16.2. The van der Waals surface area contributed by atoms with Gasteiger partial charge in [0.2, 0.25) is 5.91 Å². The standard InChI is InChI=1S/C17H21NO/c1-3-12-18(13-16-8-9-16)17(19)11-10-15-6-4-14(2)5-7-15/h1,4-7,16H,8-13H2,2H3. The Labute approximate surface area is 115 Å². The van der Waals surface area contributed by atoms with Gasteiger partial charge in [0.1, 0.15) is 0 Å². The molecule has 1 aliphatic carbocycles. The molecule has 2 nitrogen and oxygen atoms in total. The first kappa shape index (κ1) is 13.7. The van der Waals surface area contributed by atoms with Gasteiger partial charge in [0.05, 0.1) is 6.54 Å². The van der Waals surface area contributed by atoms with Crippen molar-refractivity contribution in [1.82, 2.24) is 4.90 Å². The van der Waals surface area contributed by atoms with Gasteiger partial charge in [-0.25, -0.2) is 0 Å². The van der Waals surface area contributed by atoms with Crippen LogP contribution in [-0.2, 0) is 11.2 Å². The molecule has 1 aromatic carbocycles. The summed E-state index contributed by atoms with van der Waals surface area (Å²) < 4.78 is 0. The lowest BCUT2D eigenvalue weighted by Gasteiger charge is -2.20. The third-order valence-corrected chi connectivity index (χ3v) is 3.56. The van der Waals surface area contributed by atoms with Crippen molar-refractivity contribution in [2.75, 3.05) is 13.1 Å². The molecule has 0 radical (unpaired) electrons. The monoisotopic (exact) mass is 255 g/mol. The van der Waals surface area contributed by atoms with Crippen LogP contribution in [0.25, 0.3) is 0 Å². The summed E-state index contributed by atoms with van der Waals surface area (Å²) in [6.07, 6.45) is 9.18. The van der Waals surface area contributed by atoms with Gasteiger partial charge >= 0.3 is 0 Å². The van der Waals surface area contributed by atoms with Crippen LogP contribution in [0.2, 0.25) is 0 Å². The molecule has 1 saturated carbocycles. The first-order chi connectivity index (χ1) is 9.19. The molecule has 0 N–H and O–H groups in total. The van der Waals surface area contributed by atoms with Crippen molar-refractivity contribution in [3.8, 4) is 12.3 Å². The van der Waals surface area contributed by atoms with Crippen molar-refractivity contribution in [3.05, 3.63) is 35.4 Å². The first-order valence-corrected chi connectivity index (χ1v) is 6.96. The average molecular weight is 255 g/mol. The molecule has 100 valence electrons. The number of carbonyl (C=O) groups excluding carboxylic acids is 1. The zero-order chi connectivity index (χ0) is 13.7. The molecule has 1 aromatic rings. The van der Waals surface area contributed by atoms with Crippen molar-refractivity contribution < 1.29 is 4.79 Å². The van der Waals surface area contributed by atoms with Crippen LogP contribution in [0.4, 0.5) is 0 Å². The molecule has 0 saturated heterocycles. The number of amides is 1. The first-order valence-electron chi connectivity index (χ1n) is 6.96. The second kappa shape index (κ2) is 6.43. The van der Waals surface area contributed by atoms with Crippen LogP contribution >= 0.6 is 0 Å². The number of benzene rings is 1. The lowest BCUT2D eigenvalue weighted by Crippen LogP contribution is -2.33. The Hall–Kier alpha value is -1.75. The zero-order valence-electron chi connectivity index (χ0n) is 11.6. The van der Waals surface area contributed by atoms with E-state index in [1.54, 1.807) is 0 Å². The van der Waals surface area contributed by atoms with Gasteiger partial charge in [0, 0.05) is 13.0 Å². The number of aryl methyl sites for hydroxylation is 2. The van der Waals surface area contributed by atoms with Crippen LogP contribution in [0, 0.1) is 25.2 Å². The van der Waals surface area contributed by atoms with E-state index in [1.807, 2.05) is 4.90 Å². The summed E-state index contributed by atoms with van der Waals surface area (Å²) in [6, 6.07) is 8.36. The van der Waals surface area contributed by atoms with E-state index in [-0.39, 0.29) is 5.91 Å². The number of terminal acetylenes is 1. The van der Waals surface area contributed by atoms with E-state index < -0.39 is 0 Å². The summed E-state index contributed by atoms with van der Waals surface area (Å²) in [5.74, 6) is 3.47. The summed E-state index contributed by atoms with van der Waals surface area (Å²) in [7, 11) is 0. The minimum Gasteiger partial charge on any atom is -0.331 e. The van der Waals surface area contributed by atoms with Crippen molar-refractivity contribution in [2.45, 2.75) is 32.6 Å². The summed E-state index contributed by atoms with van der Waals surface area (Å²) in [6.45, 7) is 3.36. The highest BCUT2D eigenvalue weighted by Gasteiger charge is 2.26. The zero-order valence-corrected chi connectivity index (χ0v) is 11.6. The Bertz CT molecular complexity index is 465. The van der Waals surface area contributed by atoms with Gasteiger partial charge < -0.3 is 4.90 Å². The highest BCUT2D eigenvalue weighted by molar-refractivity contribution is 5.76. The van der Waals surface area contributed by atoms with Crippen LogP contribution in [0.1, 0.15) is 30.4 Å². The second-order valence-corrected chi connectivity index (χ2v) is 5.41. The van der Waals surface area contributed by atoms with Gasteiger partial charge in [0.25, 0.3) is 0 Å². The van der Waals surface area contributed by atoms with Crippen molar-refractivity contribution in [1.29, 1.82) is 0 Å². The van der Waals surface area contributed by atoms with Crippen molar-refractivity contribution >= 4 is 5.91 Å². The molecule has 0 spiro atoms. The third-order valence-electron chi connectivity index (χ3n) is 3.56. The largest absolute Gasteiger partial charge is 0.331 e. The average Bonchev–Trinajstić information content (AvgIpc) is 3.21. The molecule has 19 heavy (non-hydrogen) atoms. The van der Waals surface area contributed by atoms with Crippen LogP contribution in [0.15, 0.2) is 24.3 Å². The Morgan fingerprint density at radius 3 is 2.63 bits per heavy atom. The lowest BCUT2D eigenvalue weighted by atomic mass is 10.1. The maximum atomic E-state index is 12.2. The molecule has 0 heterocycles. The van der Waals surface area contributed by atoms with E-state index in [9.17, 15) is 4.79 Å². The van der Waals surface area contributed by atoms with E-state index in [4.69, 9.17) is 6.42 Å². The SMILES string of the molecule is C#CCN(CC1CC1)C(=O)CCc1ccc(C)cc1.